The van der Waals surface area contributed by atoms with E-state index in [0.29, 0.717) is 17.0 Å². The van der Waals surface area contributed by atoms with E-state index in [9.17, 15) is 4.39 Å². The molecule has 1 saturated carbocycles. The van der Waals surface area contributed by atoms with Crippen molar-refractivity contribution < 1.29 is 4.39 Å². The van der Waals surface area contributed by atoms with Crippen molar-refractivity contribution in [3.8, 4) is 17.2 Å². The second-order valence-corrected chi connectivity index (χ2v) is 10.1. The average molecular weight is 459 g/mol. The van der Waals surface area contributed by atoms with Crippen LogP contribution in [-0.4, -0.2) is 0 Å². The number of benzene rings is 3. The zero-order valence-corrected chi connectivity index (χ0v) is 20.4. The van der Waals surface area contributed by atoms with Gasteiger partial charge in [-0.05, 0) is 90.3 Å². The first-order chi connectivity index (χ1) is 15.5. The van der Waals surface area contributed by atoms with Crippen LogP contribution in [0.5, 0.6) is 0 Å². The highest BCUT2D eigenvalue weighted by Crippen LogP contribution is 2.67. The van der Waals surface area contributed by atoms with E-state index < -0.39 is 5.82 Å². The first-order valence-electron chi connectivity index (χ1n) is 11.1. The van der Waals surface area contributed by atoms with E-state index in [2.05, 4.69) is 44.8 Å². The molecule has 4 heteroatoms. The van der Waals surface area contributed by atoms with Crippen LogP contribution in [0.2, 0.25) is 5.02 Å². The molecule has 1 aliphatic rings. The molecule has 0 radical (unpaired) electrons. The Morgan fingerprint density at radius 1 is 1.03 bits per heavy atom. The van der Waals surface area contributed by atoms with Crippen molar-refractivity contribution >= 4 is 17.3 Å². The van der Waals surface area contributed by atoms with Gasteiger partial charge in [0.25, 0.3) is 0 Å². The van der Waals surface area contributed by atoms with Gasteiger partial charge in [0.1, 0.15) is 5.82 Å². The number of anilines is 1. The third-order valence-electron chi connectivity index (χ3n) is 7.12. The van der Waals surface area contributed by atoms with E-state index in [1.807, 2.05) is 38.1 Å². The lowest BCUT2D eigenvalue weighted by Gasteiger charge is -2.14. The minimum Gasteiger partial charge on any atom is -0.359 e. The standard InChI is InChI=1S/C29H28ClFN2/c1-16-7-9-22(14-24(16)23-10-8-20(15-32)12-26(23)31)33-19(4)27-28(29(27,5)6)21-11-17(2)18(3)25(30)13-21/h7-14,27-28,33H,4H2,1-3,5-6H3. The number of nitrogens with one attached hydrogen (secondary N) is 1. The monoisotopic (exact) mass is 458 g/mol. The number of halogens is 2. The Labute approximate surface area is 200 Å². The van der Waals surface area contributed by atoms with E-state index in [-0.39, 0.29) is 11.3 Å². The SMILES string of the molecule is C=C(Nc1ccc(C)c(-c2ccc(C#N)cc2F)c1)C1C(c2cc(C)c(C)c(Cl)c2)C1(C)C. The third-order valence-corrected chi connectivity index (χ3v) is 7.51. The summed E-state index contributed by atoms with van der Waals surface area (Å²) in [4.78, 5) is 0. The fourth-order valence-electron chi connectivity index (χ4n) is 4.99. The summed E-state index contributed by atoms with van der Waals surface area (Å²) in [5, 5.41) is 13.3. The highest BCUT2D eigenvalue weighted by Gasteiger charge is 2.59. The Balaban J connectivity index is 1.60. The molecule has 3 aromatic rings. The summed E-state index contributed by atoms with van der Waals surface area (Å²) in [7, 11) is 0. The van der Waals surface area contributed by atoms with Gasteiger partial charge < -0.3 is 5.32 Å². The van der Waals surface area contributed by atoms with Crippen molar-refractivity contribution in [2.24, 2.45) is 11.3 Å². The Bertz CT molecular complexity index is 1290. The number of nitrogens with zero attached hydrogens (tertiary/aromatic N) is 1. The molecule has 0 saturated heterocycles. The summed E-state index contributed by atoms with van der Waals surface area (Å²) in [6, 6.07) is 16.8. The fraction of sp³-hybridized carbons (Fsp3) is 0.276. The van der Waals surface area contributed by atoms with Crippen LogP contribution >= 0.6 is 11.6 Å². The summed E-state index contributed by atoms with van der Waals surface area (Å²) in [6.07, 6.45) is 0. The van der Waals surface area contributed by atoms with Gasteiger partial charge in [0.15, 0.2) is 0 Å². The minimum atomic E-state index is -0.400. The van der Waals surface area contributed by atoms with Crippen LogP contribution in [0, 0.1) is 49.3 Å². The maximum absolute atomic E-state index is 14.7. The number of hydrogen-bond acceptors (Lipinski definition) is 2. The molecule has 3 aromatic carbocycles. The Kier molecular flexibility index (Phi) is 5.85. The lowest BCUT2D eigenvalue weighted by atomic mass is 9.98. The lowest BCUT2D eigenvalue weighted by Crippen LogP contribution is -2.04. The van der Waals surface area contributed by atoms with Gasteiger partial charge in [0.05, 0.1) is 11.6 Å². The summed E-state index contributed by atoms with van der Waals surface area (Å²) in [5.41, 5.74) is 7.97. The summed E-state index contributed by atoms with van der Waals surface area (Å²) < 4.78 is 14.7. The molecule has 33 heavy (non-hydrogen) atoms. The zero-order chi connectivity index (χ0) is 24.1. The molecular formula is C29H28ClFN2. The van der Waals surface area contributed by atoms with Gasteiger partial charge in [-0.25, -0.2) is 4.39 Å². The second-order valence-electron chi connectivity index (χ2n) is 9.71. The zero-order valence-electron chi connectivity index (χ0n) is 19.7. The predicted octanol–water partition coefficient (Wildman–Crippen LogP) is 8.31. The number of nitriles is 1. The van der Waals surface area contributed by atoms with Crippen LogP contribution in [0.4, 0.5) is 10.1 Å². The molecule has 2 nitrogen and oxygen atoms in total. The van der Waals surface area contributed by atoms with Gasteiger partial charge in [-0.15, -0.1) is 0 Å². The molecule has 4 rings (SSSR count). The number of aryl methyl sites for hydroxylation is 2. The van der Waals surface area contributed by atoms with Gasteiger partial charge in [-0.1, -0.05) is 50.2 Å². The maximum Gasteiger partial charge on any atom is 0.132 e. The van der Waals surface area contributed by atoms with Crippen molar-refractivity contribution in [1.82, 2.24) is 0 Å². The molecule has 168 valence electrons. The van der Waals surface area contributed by atoms with Crippen LogP contribution in [0.3, 0.4) is 0 Å². The smallest absolute Gasteiger partial charge is 0.132 e. The normalized spacial score (nSPS) is 18.5. The van der Waals surface area contributed by atoms with Crippen LogP contribution in [-0.2, 0) is 0 Å². The van der Waals surface area contributed by atoms with Crippen LogP contribution in [0.15, 0.2) is 60.8 Å². The van der Waals surface area contributed by atoms with E-state index in [1.165, 1.54) is 17.2 Å². The lowest BCUT2D eigenvalue weighted by molar-refractivity contribution is 0.585. The second kappa shape index (κ2) is 8.36. The largest absolute Gasteiger partial charge is 0.359 e. The molecule has 1 N–H and O–H groups in total. The molecule has 1 aliphatic carbocycles. The highest BCUT2D eigenvalue weighted by atomic mass is 35.5. The summed E-state index contributed by atoms with van der Waals surface area (Å²) in [6.45, 7) is 15.0. The third kappa shape index (κ3) is 4.16. The Morgan fingerprint density at radius 3 is 2.39 bits per heavy atom. The van der Waals surface area contributed by atoms with Crippen molar-refractivity contribution in [3.63, 3.8) is 0 Å². The Morgan fingerprint density at radius 2 is 1.76 bits per heavy atom. The number of rotatable bonds is 5. The first kappa shape index (κ1) is 23.1. The van der Waals surface area contributed by atoms with E-state index >= 15 is 0 Å². The molecule has 0 heterocycles. The van der Waals surface area contributed by atoms with Crippen LogP contribution in [0.25, 0.3) is 11.1 Å². The fourth-order valence-corrected chi connectivity index (χ4v) is 5.26. The van der Waals surface area contributed by atoms with Crippen molar-refractivity contribution in [3.05, 3.63) is 99.5 Å². The number of allylic oxidation sites excluding steroid dienone is 1. The van der Waals surface area contributed by atoms with Gasteiger partial charge in [-0.2, -0.15) is 5.26 Å². The molecule has 0 bridgehead atoms. The van der Waals surface area contributed by atoms with E-state index in [1.54, 1.807) is 12.1 Å². The Hall–Kier alpha value is -3.09. The maximum atomic E-state index is 14.7. The summed E-state index contributed by atoms with van der Waals surface area (Å²) in [5.74, 6) is 0.186. The van der Waals surface area contributed by atoms with Crippen molar-refractivity contribution in [2.45, 2.75) is 40.5 Å². The highest BCUT2D eigenvalue weighted by molar-refractivity contribution is 6.31. The molecule has 0 amide bonds. The molecule has 1 fully saturated rings. The van der Waals surface area contributed by atoms with E-state index in [0.717, 1.165) is 33.1 Å². The van der Waals surface area contributed by atoms with Crippen LogP contribution in [0.1, 0.15) is 47.6 Å². The minimum absolute atomic E-state index is 0.0574. The van der Waals surface area contributed by atoms with Gasteiger partial charge in [0.2, 0.25) is 0 Å². The van der Waals surface area contributed by atoms with E-state index in [4.69, 9.17) is 16.9 Å². The average Bonchev–Trinajstić information content (AvgIpc) is 3.35. The molecule has 0 spiro atoms. The molecular weight excluding hydrogens is 431 g/mol. The van der Waals surface area contributed by atoms with Crippen molar-refractivity contribution in [2.75, 3.05) is 5.32 Å². The first-order valence-corrected chi connectivity index (χ1v) is 11.5. The summed E-state index contributed by atoms with van der Waals surface area (Å²) >= 11 is 6.48. The molecule has 0 aromatic heterocycles. The number of hydrogen-bond donors (Lipinski definition) is 1. The van der Waals surface area contributed by atoms with Crippen molar-refractivity contribution in [1.29, 1.82) is 5.26 Å². The molecule has 2 unspecified atom stereocenters. The topological polar surface area (TPSA) is 35.8 Å². The van der Waals surface area contributed by atoms with Gasteiger partial charge >= 0.3 is 0 Å². The predicted molar refractivity (Wildman–Crippen MR) is 135 cm³/mol. The quantitative estimate of drug-likeness (QED) is 0.417. The van der Waals surface area contributed by atoms with Gasteiger partial charge in [0, 0.05) is 27.9 Å². The molecule has 0 aliphatic heterocycles. The van der Waals surface area contributed by atoms with Crippen LogP contribution < -0.4 is 5.32 Å². The molecule has 2 atom stereocenters. The van der Waals surface area contributed by atoms with Gasteiger partial charge in [-0.3, -0.25) is 0 Å².